The van der Waals surface area contributed by atoms with E-state index in [-0.39, 0.29) is 17.7 Å². The molecule has 0 saturated heterocycles. The van der Waals surface area contributed by atoms with Crippen molar-refractivity contribution in [2.45, 2.75) is 92.5 Å². The van der Waals surface area contributed by atoms with E-state index in [1.807, 2.05) is 83.1 Å². The van der Waals surface area contributed by atoms with Gasteiger partial charge in [-0.15, -0.1) is 0 Å². The number of hydrogen-bond donors (Lipinski definition) is 2. The summed E-state index contributed by atoms with van der Waals surface area (Å²) in [4.78, 5) is 42.5. The van der Waals surface area contributed by atoms with E-state index in [1.54, 1.807) is 25.7 Å². The molecule has 38 heavy (non-hydrogen) atoms. The number of carbonyl (C=O) groups excluding carboxylic acids is 3. The standard InChI is InChI=1S/C31H45N3O4/c1-9-19-34(29(36)26(21(3)10-2)33-30(37)38-31(6,7)8)27(25-22(4)15-14-16-23(25)5)28(35)32-20-24-17-12-11-13-18-24/h11-18,21,26-27H,9-10,19-20H2,1-8H3,(H,32,35)(H,33,37). The van der Waals surface area contributed by atoms with Crippen LogP contribution in [-0.2, 0) is 20.9 Å². The second-order valence-corrected chi connectivity index (χ2v) is 11.0. The molecule has 7 heteroatoms. The average Bonchev–Trinajstić information content (AvgIpc) is 2.86. The first-order chi connectivity index (χ1) is 17.9. The van der Waals surface area contributed by atoms with Crippen molar-refractivity contribution in [3.05, 3.63) is 70.8 Å². The molecule has 3 atom stereocenters. The maximum absolute atomic E-state index is 14.2. The van der Waals surface area contributed by atoms with E-state index in [1.165, 1.54) is 0 Å². The molecule has 0 aromatic heterocycles. The van der Waals surface area contributed by atoms with Gasteiger partial charge >= 0.3 is 6.09 Å². The molecule has 0 aliphatic rings. The predicted octanol–water partition coefficient (Wildman–Crippen LogP) is 5.84. The molecule has 2 aromatic carbocycles. The van der Waals surface area contributed by atoms with Gasteiger partial charge in [-0.1, -0.05) is 75.7 Å². The summed E-state index contributed by atoms with van der Waals surface area (Å²) >= 11 is 0. The van der Waals surface area contributed by atoms with Crippen LogP contribution in [0.3, 0.4) is 0 Å². The Morgan fingerprint density at radius 2 is 1.55 bits per heavy atom. The summed E-state index contributed by atoms with van der Waals surface area (Å²) < 4.78 is 5.47. The summed E-state index contributed by atoms with van der Waals surface area (Å²) in [7, 11) is 0. The van der Waals surface area contributed by atoms with Crippen molar-refractivity contribution < 1.29 is 19.1 Å². The number of alkyl carbamates (subject to hydrolysis) is 1. The smallest absolute Gasteiger partial charge is 0.408 e. The Morgan fingerprint density at radius 3 is 2.08 bits per heavy atom. The van der Waals surface area contributed by atoms with Crippen molar-refractivity contribution in [1.82, 2.24) is 15.5 Å². The van der Waals surface area contributed by atoms with Gasteiger partial charge in [0.1, 0.15) is 17.7 Å². The normalized spacial score (nSPS) is 13.7. The van der Waals surface area contributed by atoms with Gasteiger partial charge in [-0.25, -0.2) is 4.79 Å². The van der Waals surface area contributed by atoms with E-state index >= 15 is 0 Å². The molecular weight excluding hydrogens is 478 g/mol. The highest BCUT2D eigenvalue weighted by Crippen LogP contribution is 2.30. The Balaban J connectivity index is 2.51. The van der Waals surface area contributed by atoms with Gasteiger partial charge in [0.05, 0.1) is 0 Å². The van der Waals surface area contributed by atoms with Crippen LogP contribution >= 0.6 is 0 Å². The van der Waals surface area contributed by atoms with Gasteiger partial charge in [0, 0.05) is 13.1 Å². The maximum atomic E-state index is 14.2. The largest absolute Gasteiger partial charge is 0.444 e. The van der Waals surface area contributed by atoms with Gasteiger partial charge in [0.2, 0.25) is 11.8 Å². The maximum Gasteiger partial charge on any atom is 0.408 e. The fourth-order valence-electron chi connectivity index (χ4n) is 4.47. The molecule has 0 radical (unpaired) electrons. The number of nitrogens with zero attached hydrogens (tertiary/aromatic N) is 1. The van der Waals surface area contributed by atoms with E-state index in [2.05, 4.69) is 10.6 Å². The predicted molar refractivity (Wildman–Crippen MR) is 152 cm³/mol. The summed E-state index contributed by atoms with van der Waals surface area (Å²) in [6.07, 6.45) is 0.670. The van der Waals surface area contributed by atoms with E-state index < -0.39 is 23.8 Å². The molecule has 0 aliphatic heterocycles. The third kappa shape index (κ3) is 8.61. The molecule has 0 heterocycles. The van der Waals surface area contributed by atoms with Crippen molar-refractivity contribution in [2.24, 2.45) is 5.92 Å². The minimum atomic E-state index is -0.848. The van der Waals surface area contributed by atoms with E-state index in [9.17, 15) is 14.4 Å². The Bertz CT molecular complexity index is 1060. The van der Waals surface area contributed by atoms with Crippen molar-refractivity contribution in [2.75, 3.05) is 6.54 Å². The van der Waals surface area contributed by atoms with Gasteiger partial charge < -0.3 is 20.3 Å². The molecule has 0 fully saturated rings. The summed E-state index contributed by atoms with van der Waals surface area (Å²) in [6.45, 7) is 15.8. The van der Waals surface area contributed by atoms with Crippen LogP contribution in [0, 0.1) is 19.8 Å². The first kappa shape index (κ1) is 30.9. The molecule has 3 amide bonds. The minimum Gasteiger partial charge on any atom is -0.444 e. The fraction of sp³-hybridized carbons (Fsp3) is 0.516. The molecule has 2 aromatic rings. The third-order valence-corrected chi connectivity index (χ3v) is 6.58. The summed E-state index contributed by atoms with van der Waals surface area (Å²) in [5.74, 6) is -0.719. The number of rotatable bonds is 11. The van der Waals surface area contributed by atoms with Crippen LogP contribution in [-0.4, -0.2) is 41.0 Å². The molecular formula is C31H45N3O4. The lowest BCUT2D eigenvalue weighted by molar-refractivity contribution is -0.143. The molecule has 2 rings (SSSR count). The van der Waals surface area contributed by atoms with E-state index in [4.69, 9.17) is 4.74 Å². The van der Waals surface area contributed by atoms with Crippen LogP contribution in [0.4, 0.5) is 4.79 Å². The molecule has 7 nitrogen and oxygen atoms in total. The SMILES string of the molecule is CCCN(C(=O)C(NC(=O)OC(C)(C)C)C(C)CC)C(C(=O)NCc1ccccc1)c1c(C)cccc1C. The lowest BCUT2D eigenvalue weighted by Crippen LogP contribution is -2.55. The van der Waals surface area contributed by atoms with Crippen LogP contribution in [0.25, 0.3) is 0 Å². The molecule has 208 valence electrons. The van der Waals surface area contributed by atoms with Crippen molar-refractivity contribution in [3.63, 3.8) is 0 Å². The van der Waals surface area contributed by atoms with Crippen LogP contribution in [0.1, 0.15) is 82.7 Å². The molecule has 3 unspecified atom stereocenters. The second kappa shape index (κ2) is 14.0. The zero-order valence-corrected chi connectivity index (χ0v) is 24.3. The van der Waals surface area contributed by atoms with Gasteiger partial charge in [-0.3, -0.25) is 9.59 Å². The van der Waals surface area contributed by atoms with Crippen molar-refractivity contribution in [1.29, 1.82) is 0 Å². The van der Waals surface area contributed by atoms with Crippen LogP contribution in [0.5, 0.6) is 0 Å². The summed E-state index contributed by atoms with van der Waals surface area (Å²) in [5.41, 5.74) is 2.94. The highest BCUT2D eigenvalue weighted by atomic mass is 16.6. The number of amides is 3. The topological polar surface area (TPSA) is 87.7 Å². The number of benzene rings is 2. The third-order valence-electron chi connectivity index (χ3n) is 6.58. The van der Waals surface area contributed by atoms with Crippen LogP contribution in [0.2, 0.25) is 0 Å². The molecule has 0 bridgehead atoms. The number of hydrogen-bond acceptors (Lipinski definition) is 4. The van der Waals surface area contributed by atoms with E-state index in [0.717, 1.165) is 22.3 Å². The summed E-state index contributed by atoms with van der Waals surface area (Å²) in [6, 6.07) is 13.9. The van der Waals surface area contributed by atoms with Gasteiger partial charge in [0.15, 0.2) is 0 Å². The molecule has 2 N–H and O–H groups in total. The quantitative estimate of drug-likeness (QED) is 0.387. The van der Waals surface area contributed by atoms with Crippen LogP contribution in [0.15, 0.2) is 48.5 Å². The van der Waals surface area contributed by atoms with Crippen molar-refractivity contribution in [3.8, 4) is 0 Å². The Kier molecular flexibility index (Phi) is 11.4. The fourth-order valence-corrected chi connectivity index (χ4v) is 4.47. The van der Waals surface area contributed by atoms with Gasteiger partial charge in [0.25, 0.3) is 0 Å². The average molecular weight is 524 g/mol. The number of nitrogens with one attached hydrogen (secondary N) is 2. The first-order valence-electron chi connectivity index (χ1n) is 13.6. The zero-order valence-electron chi connectivity index (χ0n) is 24.3. The highest BCUT2D eigenvalue weighted by Gasteiger charge is 2.38. The first-order valence-corrected chi connectivity index (χ1v) is 13.6. The molecule has 0 saturated carbocycles. The monoisotopic (exact) mass is 523 g/mol. The number of aryl methyl sites for hydroxylation is 2. The van der Waals surface area contributed by atoms with E-state index in [0.29, 0.717) is 25.9 Å². The second-order valence-electron chi connectivity index (χ2n) is 11.0. The Labute approximate surface area is 228 Å². The minimum absolute atomic E-state index is 0.166. The lowest BCUT2D eigenvalue weighted by atomic mass is 9.92. The zero-order chi connectivity index (χ0) is 28.5. The lowest BCUT2D eigenvalue weighted by Gasteiger charge is -2.37. The molecule has 0 spiro atoms. The summed E-state index contributed by atoms with van der Waals surface area (Å²) in [5, 5.41) is 5.87. The molecule has 0 aliphatic carbocycles. The Morgan fingerprint density at radius 1 is 0.947 bits per heavy atom. The van der Waals surface area contributed by atoms with Gasteiger partial charge in [-0.05, 0) is 69.2 Å². The van der Waals surface area contributed by atoms with Crippen molar-refractivity contribution >= 4 is 17.9 Å². The highest BCUT2D eigenvalue weighted by molar-refractivity contribution is 5.92. The van der Waals surface area contributed by atoms with Gasteiger partial charge in [-0.2, -0.15) is 0 Å². The number of ether oxygens (including phenoxy) is 1. The number of carbonyl (C=O) groups is 3. The van der Waals surface area contributed by atoms with Crippen LogP contribution < -0.4 is 10.6 Å². The Hall–Kier alpha value is -3.35.